The molecule has 0 amide bonds. The summed E-state index contributed by atoms with van der Waals surface area (Å²) in [6, 6.07) is 18.1. The minimum absolute atomic E-state index is 0.657. The fraction of sp³-hybridized carbons (Fsp3) is 0.167. The molecule has 0 aliphatic heterocycles. The van der Waals surface area contributed by atoms with Gasteiger partial charge >= 0.3 is 0 Å². The number of ether oxygens (including phenoxy) is 2. The van der Waals surface area contributed by atoms with Crippen molar-refractivity contribution in [2.45, 2.75) is 13.1 Å². The first kappa shape index (κ1) is 21.3. The molecule has 2 aromatic heterocycles. The molecule has 0 atom stereocenters. The largest absolute Gasteiger partial charge is 0.497 e. The first-order valence-electron chi connectivity index (χ1n) is 9.84. The Morgan fingerprint density at radius 1 is 0.968 bits per heavy atom. The van der Waals surface area contributed by atoms with Crippen LogP contribution in [-0.4, -0.2) is 29.0 Å². The summed E-state index contributed by atoms with van der Waals surface area (Å²) in [5.41, 5.74) is 5.09. The zero-order valence-electron chi connectivity index (χ0n) is 17.4. The lowest BCUT2D eigenvalue weighted by atomic mass is 10.1. The second kappa shape index (κ2) is 9.93. The molecule has 0 saturated carbocycles. The van der Waals surface area contributed by atoms with Gasteiger partial charge in [0.25, 0.3) is 0 Å². The van der Waals surface area contributed by atoms with E-state index in [0.29, 0.717) is 13.1 Å². The molecule has 2 aromatic carbocycles. The summed E-state index contributed by atoms with van der Waals surface area (Å²) in [7, 11) is 3.32. The van der Waals surface area contributed by atoms with Crippen molar-refractivity contribution in [3.63, 3.8) is 0 Å². The van der Waals surface area contributed by atoms with Crippen LogP contribution in [-0.2, 0) is 13.1 Å². The average molecular weight is 526 g/mol. The second-order valence-electron chi connectivity index (χ2n) is 6.95. The molecule has 7 heteroatoms. The van der Waals surface area contributed by atoms with E-state index < -0.39 is 0 Å². The Balaban J connectivity index is 1.58. The van der Waals surface area contributed by atoms with Crippen LogP contribution in [0.2, 0.25) is 0 Å². The first-order chi connectivity index (χ1) is 15.2. The van der Waals surface area contributed by atoms with Crippen molar-refractivity contribution in [1.29, 1.82) is 0 Å². The maximum Gasteiger partial charge on any atom is 0.127 e. The van der Waals surface area contributed by atoms with E-state index in [1.54, 1.807) is 20.4 Å². The van der Waals surface area contributed by atoms with E-state index in [9.17, 15) is 0 Å². The third-order valence-corrected chi connectivity index (χ3v) is 5.66. The molecule has 0 bridgehead atoms. The lowest BCUT2D eigenvalue weighted by Crippen LogP contribution is -2.13. The topological polar surface area (TPSA) is 61.2 Å². The molecular weight excluding hydrogens is 503 g/mol. The van der Waals surface area contributed by atoms with Crippen molar-refractivity contribution in [3.8, 4) is 28.4 Å². The summed E-state index contributed by atoms with van der Waals surface area (Å²) in [6.07, 6.45) is 5.69. The number of hydrogen-bond donors (Lipinski definition) is 1. The van der Waals surface area contributed by atoms with E-state index in [1.807, 2.05) is 41.2 Å². The lowest BCUT2D eigenvalue weighted by molar-refractivity contribution is 0.390. The van der Waals surface area contributed by atoms with Crippen molar-refractivity contribution < 1.29 is 9.47 Å². The number of methoxy groups -OCH3 is 2. The predicted octanol–water partition coefficient (Wildman–Crippen LogP) is 4.85. The van der Waals surface area contributed by atoms with Crippen molar-refractivity contribution in [2.24, 2.45) is 0 Å². The van der Waals surface area contributed by atoms with Gasteiger partial charge in [0.1, 0.15) is 11.5 Å². The number of aromatic nitrogens is 3. The summed E-state index contributed by atoms with van der Waals surface area (Å²) in [5.74, 6) is 1.58. The zero-order chi connectivity index (χ0) is 21.6. The highest BCUT2D eigenvalue weighted by Gasteiger charge is 2.13. The fourth-order valence-electron chi connectivity index (χ4n) is 3.34. The van der Waals surface area contributed by atoms with Crippen LogP contribution >= 0.6 is 22.6 Å². The number of nitrogens with zero attached hydrogens (tertiary/aromatic N) is 3. The zero-order valence-corrected chi connectivity index (χ0v) is 19.5. The number of benzene rings is 2. The van der Waals surface area contributed by atoms with E-state index in [-0.39, 0.29) is 0 Å². The molecular formula is C24H23IN4O2. The molecule has 0 radical (unpaired) electrons. The molecule has 0 aliphatic carbocycles. The molecule has 0 saturated heterocycles. The SMILES string of the molecule is COc1ccc(CNCc2cn(-c3ccc(I)cc3)nc2-c2cccnc2)c(OC)c1. The van der Waals surface area contributed by atoms with Crippen LogP contribution in [0.4, 0.5) is 0 Å². The second-order valence-corrected chi connectivity index (χ2v) is 8.19. The monoisotopic (exact) mass is 526 g/mol. The van der Waals surface area contributed by atoms with Crippen LogP contribution in [0, 0.1) is 3.57 Å². The predicted molar refractivity (Wildman–Crippen MR) is 130 cm³/mol. The van der Waals surface area contributed by atoms with E-state index in [4.69, 9.17) is 14.6 Å². The Morgan fingerprint density at radius 2 is 1.77 bits per heavy atom. The standard InChI is InChI=1S/C24H23IN4O2/c1-30-22-10-5-17(23(12-22)31-2)13-27-15-19-16-29(21-8-6-20(25)7-9-21)28-24(19)18-4-3-11-26-14-18/h3-12,14,16,27H,13,15H2,1-2H3. The van der Waals surface area contributed by atoms with E-state index in [1.165, 1.54) is 3.57 Å². The van der Waals surface area contributed by atoms with Gasteiger partial charge in [-0.2, -0.15) is 5.10 Å². The molecule has 0 fully saturated rings. The highest BCUT2D eigenvalue weighted by molar-refractivity contribution is 14.1. The van der Waals surface area contributed by atoms with Gasteiger partial charge in [0.2, 0.25) is 0 Å². The van der Waals surface area contributed by atoms with Gasteiger partial charge in [-0.15, -0.1) is 0 Å². The summed E-state index contributed by atoms with van der Waals surface area (Å²) >= 11 is 2.30. The third kappa shape index (κ3) is 5.05. The van der Waals surface area contributed by atoms with Gasteiger partial charge in [-0.1, -0.05) is 6.07 Å². The molecule has 4 aromatic rings. The third-order valence-electron chi connectivity index (χ3n) is 4.94. The Morgan fingerprint density at radius 3 is 2.48 bits per heavy atom. The van der Waals surface area contributed by atoms with Crippen LogP contribution in [0.25, 0.3) is 16.9 Å². The molecule has 158 valence electrons. The van der Waals surface area contributed by atoms with E-state index >= 15 is 0 Å². The maximum atomic E-state index is 5.51. The van der Waals surface area contributed by atoms with E-state index in [0.717, 1.165) is 39.6 Å². The molecule has 0 unspecified atom stereocenters. The van der Waals surface area contributed by atoms with Gasteiger partial charge in [-0.05, 0) is 65.1 Å². The molecule has 0 aliphatic rings. The van der Waals surface area contributed by atoms with Crippen molar-refractivity contribution in [1.82, 2.24) is 20.1 Å². The first-order valence-corrected chi connectivity index (χ1v) is 10.9. The molecule has 31 heavy (non-hydrogen) atoms. The summed E-state index contributed by atoms with van der Waals surface area (Å²) < 4.78 is 13.9. The molecule has 6 nitrogen and oxygen atoms in total. The Bertz CT molecular complexity index is 1140. The van der Waals surface area contributed by atoms with Crippen LogP contribution in [0.5, 0.6) is 11.5 Å². The van der Waals surface area contributed by atoms with Crippen molar-refractivity contribution >= 4 is 22.6 Å². The van der Waals surface area contributed by atoms with Gasteiger partial charge in [0, 0.05) is 58.0 Å². The van der Waals surface area contributed by atoms with Crippen LogP contribution in [0.1, 0.15) is 11.1 Å². The molecule has 1 N–H and O–H groups in total. The summed E-state index contributed by atoms with van der Waals surface area (Å²) in [6.45, 7) is 1.32. The number of halogens is 1. The van der Waals surface area contributed by atoms with Gasteiger partial charge in [0.05, 0.1) is 25.6 Å². The number of nitrogens with one attached hydrogen (secondary N) is 1. The quantitative estimate of drug-likeness (QED) is 0.333. The smallest absolute Gasteiger partial charge is 0.127 e. The summed E-state index contributed by atoms with van der Waals surface area (Å²) in [5, 5.41) is 8.37. The van der Waals surface area contributed by atoms with Crippen molar-refractivity contribution in [3.05, 3.63) is 87.9 Å². The van der Waals surface area contributed by atoms with Crippen molar-refractivity contribution in [2.75, 3.05) is 14.2 Å². The molecule has 2 heterocycles. The van der Waals surface area contributed by atoms with Crippen LogP contribution < -0.4 is 14.8 Å². The highest BCUT2D eigenvalue weighted by atomic mass is 127. The Hall–Kier alpha value is -2.91. The number of hydrogen-bond acceptors (Lipinski definition) is 5. The van der Waals surface area contributed by atoms with Gasteiger partial charge in [-0.25, -0.2) is 4.68 Å². The summed E-state index contributed by atoms with van der Waals surface area (Å²) in [4.78, 5) is 4.26. The van der Waals surface area contributed by atoms with Crippen LogP contribution in [0.15, 0.2) is 73.2 Å². The average Bonchev–Trinajstić information content (AvgIpc) is 3.24. The lowest BCUT2D eigenvalue weighted by Gasteiger charge is -2.11. The highest BCUT2D eigenvalue weighted by Crippen LogP contribution is 2.26. The Labute approximate surface area is 195 Å². The molecule has 4 rings (SSSR count). The number of rotatable bonds is 8. The number of pyridine rings is 1. The van der Waals surface area contributed by atoms with Gasteiger partial charge in [-0.3, -0.25) is 4.98 Å². The maximum absolute atomic E-state index is 5.51. The van der Waals surface area contributed by atoms with Gasteiger partial charge < -0.3 is 14.8 Å². The normalized spacial score (nSPS) is 10.8. The fourth-order valence-corrected chi connectivity index (χ4v) is 3.70. The minimum Gasteiger partial charge on any atom is -0.497 e. The van der Waals surface area contributed by atoms with Crippen LogP contribution in [0.3, 0.4) is 0 Å². The van der Waals surface area contributed by atoms with Gasteiger partial charge in [0.15, 0.2) is 0 Å². The van der Waals surface area contributed by atoms with E-state index in [2.05, 4.69) is 63.4 Å². The Kier molecular flexibility index (Phi) is 6.83. The molecule has 0 spiro atoms. The minimum atomic E-state index is 0.657.